The number of esters is 1. The Morgan fingerprint density at radius 2 is 1.76 bits per heavy atom. The minimum atomic E-state index is -0.419. The Morgan fingerprint density at radius 3 is 2.33 bits per heavy atom. The van der Waals surface area contributed by atoms with Crippen molar-refractivity contribution in [3.05, 3.63) is 48.0 Å². The number of nitrogen functional groups attached to an aromatic ring is 1. The number of hydrogen-bond donors (Lipinski definition) is 1. The van der Waals surface area contributed by atoms with Crippen LogP contribution in [0.3, 0.4) is 0 Å². The monoisotopic (exact) mass is 286 g/mol. The first-order chi connectivity index (χ1) is 10.1. The van der Waals surface area contributed by atoms with Crippen molar-refractivity contribution in [2.24, 2.45) is 0 Å². The molecule has 0 saturated carbocycles. The van der Waals surface area contributed by atoms with Crippen LogP contribution in [0.15, 0.2) is 42.5 Å². The van der Waals surface area contributed by atoms with Gasteiger partial charge in [-0.15, -0.1) is 0 Å². The van der Waals surface area contributed by atoms with Gasteiger partial charge in [-0.05, 0) is 42.5 Å². The van der Waals surface area contributed by atoms with Gasteiger partial charge < -0.3 is 20.1 Å². The average Bonchev–Trinajstić information content (AvgIpc) is 2.53. The summed E-state index contributed by atoms with van der Waals surface area (Å²) in [5.74, 6) is 0.357. The highest BCUT2D eigenvalue weighted by atomic mass is 16.5. The van der Waals surface area contributed by atoms with Gasteiger partial charge in [-0.25, -0.2) is 4.79 Å². The van der Waals surface area contributed by atoms with Gasteiger partial charge in [-0.3, -0.25) is 0 Å². The lowest BCUT2D eigenvalue weighted by Crippen LogP contribution is -2.15. The van der Waals surface area contributed by atoms with Crippen LogP contribution in [0.1, 0.15) is 10.4 Å². The number of nitrogens with two attached hydrogens (primary N) is 1. The van der Waals surface area contributed by atoms with Crippen LogP contribution >= 0.6 is 0 Å². The number of methoxy groups -OCH3 is 2. The molecule has 0 aromatic heterocycles. The molecule has 21 heavy (non-hydrogen) atoms. The quantitative estimate of drug-likeness (QED) is 0.691. The molecule has 0 heterocycles. The molecule has 5 heteroatoms. The molecule has 0 aliphatic rings. The van der Waals surface area contributed by atoms with E-state index >= 15 is 0 Å². The van der Waals surface area contributed by atoms with Crippen molar-refractivity contribution in [3.63, 3.8) is 0 Å². The predicted molar refractivity (Wildman–Crippen MR) is 83.3 cm³/mol. The van der Waals surface area contributed by atoms with Crippen LogP contribution in [0.5, 0.6) is 5.75 Å². The molecule has 5 nitrogen and oxygen atoms in total. The Labute approximate surface area is 123 Å². The van der Waals surface area contributed by atoms with Crippen LogP contribution in [0.2, 0.25) is 0 Å². The fourth-order valence-corrected chi connectivity index (χ4v) is 2.06. The molecule has 0 radical (unpaired) electrons. The van der Waals surface area contributed by atoms with Crippen LogP contribution < -0.4 is 15.4 Å². The fraction of sp³-hybridized carbons (Fsp3) is 0.188. The summed E-state index contributed by atoms with van der Waals surface area (Å²) in [4.78, 5) is 13.8. The van der Waals surface area contributed by atoms with Gasteiger partial charge in [-0.2, -0.15) is 0 Å². The summed E-state index contributed by atoms with van der Waals surface area (Å²) in [5.41, 5.74) is 8.34. The van der Waals surface area contributed by atoms with Gasteiger partial charge >= 0.3 is 5.97 Å². The first kappa shape index (κ1) is 14.7. The van der Waals surface area contributed by atoms with Gasteiger partial charge in [0.25, 0.3) is 0 Å². The van der Waals surface area contributed by atoms with E-state index in [1.54, 1.807) is 25.3 Å². The first-order valence-corrected chi connectivity index (χ1v) is 6.42. The summed E-state index contributed by atoms with van der Waals surface area (Å²) in [6, 6.07) is 12.7. The molecule has 0 fully saturated rings. The van der Waals surface area contributed by atoms with Crippen LogP contribution in [0, 0.1) is 0 Å². The molecule has 0 aliphatic carbocycles. The van der Waals surface area contributed by atoms with Crippen molar-refractivity contribution in [1.29, 1.82) is 0 Å². The van der Waals surface area contributed by atoms with Gasteiger partial charge in [0.15, 0.2) is 0 Å². The lowest BCUT2D eigenvalue weighted by molar-refractivity contribution is 0.0601. The molecule has 2 aromatic carbocycles. The molecule has 0 aliphatic heterocycles. The summed E-state index contributed by atoms with van der Waals surface area (Å²) < 4.78 is 9.95. The van der Waals surface area contributed by atoms with Gasteiger partial charge in [0, 0.05) is 18.4 Å². The van der Waals surface area contributed by atoms with Crippen LogP contribution in [0.25, 0.3) is 0 Å². The molecule has 2 N–H and O–H groups in total. The van der Waals surface area contributed by atoms with E-state index in [0.29, 0.717) is 11.3 Å². The summed E-state index contributed by atoms with van der Waals surface area (Å²) in [5, 5.41) is 0. The van der Waals surface area contributed by atoms with E-state index in [0.717, 1.165) is 17.1 Å². The molecule has 2 aromatic rings. The lowest BCUT2D eigenvalue weighted by Gasteiger charge is -2.22. The Hall–Kier alpha value is -2.69. The molecule has 0 saturated heterocycles. The molecular weight excluding hydrogens is 268 g/mol. The third-order valence-corrected chi connectivity index (χ3v) is 3.25. The number of carbonyl (C=O) groups excluding carboxylic acids is 1. The van der Waals surface area contributed by atoms with Crippen LogP contribution in [-0.2, 0) is 4.74 Å². The maximum absolute atomic E-state index is 11.9. The number of hydrogen-bond acceptors (Lipinski definition) is 5. The number of nitrogens with zero attached hydrogens (tertiary/aromatic N) is 1. The van der Waals surface area contributed by atoms with E-state index in [9.17, 15) is 4.79 Å². The number of ether oxygens (including phenoxy) is 2. The van der Waals surface area contributed by atoms with E-state index < -0.39 is 5.97 Å². The van der Waals surface area contributed by atoms with Gasteiger partial charge in [0.05, 0.1) is 25.5 Å². The molecule has 0 unspecified atom stereocenters. The first-order valence-electron chi connectivity index (χ1n) is 6.42. The number of anilines is 3. The van der Waals surface area contributed by atoms with Crippen LogP contribution in [-0.4, -0.2) is 27.2 Å². The maximum atomic E-state index is 11.9. The molecule has 2 rings (SSSR count). The van der Waals surface area contributed by atoms with E-state index in [2.05, 4.69) is 0 Å². The second-order valence-electron chi connectivity index (χ2n) is 4.53. The summed E-state index contributed by atoms with van der Waals surface area (Å²) >= 11 is 0. The Bertz CT molecular complexity index is 638. The molecule has 0 atom stereocenters. The third-order valence-electron chi connectivity index (χ3n) is 3.25. The highest BCUT2D eigenvalue weighted by molar-refractivity contribution is 5.97. The zero-order valence-corrected chi connectivity index (χ0v) is 12.3. The second kappa shape index (κ2) is 6.17. The maximum Gasteiger partial charge on any atom is 0.340 e. The zero-order valence-electron chi connectivity index (χ0n) is 12.3. The highest BCUT2D eigenvalue weighted by Gasteiger charge is 2.16. The predicted octanol–water partition coefficient (Wildman–Crippen LogP) is 2.83. The largest absolute Gasteiger partial charge is 0.497 e. The normalized spacial score (nSPS) is 10.0. The minimum Gasteiger partial charge on any atom is -0.497 e. The molecule has 0 amide bonds. The summed E-state index contributed by atoms with van der Waals surface area (Å²) in [6.45, 7) is 0. The van der Waals surface area contributed by atoms with Gasteiger partial charge in [0.1, 0.15) is 5.75 Å². The smallest absolute Gasteiger partial charge is 0.340 e. The number of rotatable bonds is 4. The third kappa shape index (κ3) is 3.08. The Balaban J connectivity index is 2.42. The molecule has 0 bridgehead atoms. The highest BCUT2D eigenvalue weighted by Crippen LogP contribution is 2.30. The number of carbonyl (C=O) groups is 1. The van der Waals surface area contributed by atoms with Crippen molar-refractivity contribution in [2.75, 3.05) is 31.9 Å². The Morgan fingerprint density at radius 1 is 1.10 bits per heavy atom. The van der Waals surface area contributed by atoms with Crippen molar-refractivity contribution in [3.8, 4) is 5.75 Å². The van der Waals surface area contributed by atoms with Crippen molar-refractivity contribution in [2.45, 2.75) is 0 Å². The number of benzene rings is 2. The van der Waals surface area contributed by atoms with Crippen molar-refractivity contribution >= 4 is 23.0 Å². The summed E-state index contributed by atoms with van der Waals surface area (Å²) in [6.07, 6.45) is 0. The summed E-state index contributed by atoms with van der Waals surface area (Å²) in [7, 11) is 4.84. The zero-order chi connectivity index (χ0) is 15.4. The standard InChI is InChI=1S/C16H18N2O3/c1-18(12-5-7-13(20-2)8-6-12)15-9-4-11(17)10-14(15)16(19)21-3/h4-10H,17H2,1-3H3. The lowest BCUT2D eigenvalue weighted by atomic mass is 10.1. The SMILES string of the molecule is COC(=O)c1cc(N)ccc1N(C)c1ccc(OC)cc1. The minimum absolute atomic E-state index is 0.419. The van der Waals surface area contributed by atoms with Crippen molar-refractivity contribution in [1.82, 2.24) is 0 Å². The molecular formula is C16H18N2O3. The van der Waals surface area contributed by atoms with E-state index in [-0.39, 0.29) is 0 Å². The Kier molecular flexibility index (Phi) is 4.33. The molecule has 0 spiro atoms. The van der Waals surface area contributed by atoms with Gasteiger partial charge in [-0.1, -0.05) is 0 Å². The molecule has 110 valence electrons. The van der Waals surface area contributed by atoms with Crippen molar-refractivity contribution < 1.29 is 14.3 Å². The fourth-order valence-electron chi connectivity index (χ4n) is 2.06. The van der Waals surface area contributed by atoms with Gasteiger partial charge in [0.2, 0.25) is 0 Å². The average molecular weight is 286 g/mol. The van der Waals surface area contributed by atoms with E-state index in [1.807, 2.05) is 36.2 Å². The second-order valence-corrected chi connectivity index (χ2v) is 4.53. The topological polar surface area (TPSA) is 64.8 Å². The van der Waals surface area contributed by atoms with Crippen LogP contribution in [0.4, 0.5) is 17.1 Å². The van der Waals surface area contributed by atoms with E-state index in [4.69, 9.17) is 15.2 Å². The van der Waals surface area contributed by atoms with E-state index in [1.165, 1.54) is 7.11 Å².